The number of thiazole rings is 1. The van der Waals surface area contributed by atoms with Gasteiger partial charge in [-0.25, -0.2) is 18.6 Å². The molecule has 4 aromatic rings. The van der Waals surface area contributed by atoms with Crippen LogP contribution in [0.4, 0.5) is 27.1 Å². The van der Waals surface area contributed by atoms with Crippen molar-refractivity contribution < 1.29 is 45.8 Å². The Hall–Kier alpha value is -3.94. The number of ether oxygens (including phenoxy) is 2. The van der Waals surface area contributed by atoms with Gasteiger partial charge in [-0.3, -0.25) is 0 Å². The van der Waals surface area contributed by atoms with Crippen LogP contribution in [0, 0.1) is 5.82 Å². The highest BCUT2D eigenvalue weighted by atomic mass is 32.1. The molecule has 1 saturated heterocycles. The molecule has 2 aliphatic rings. The second-order valence-corrected chi connectivity index (χ2v) is 11.1. The lowest BCUT2D eigenvalue weighted by molar-refractivity contribution is -0.274. The van der Waals surface area contributed by atoms with Crippen LogP contribution in [-0.2, 0) is 0 Å². The largest absolute Gasteiger partial charge is 0.573 e. The molecule has 1 aliphatic heterocycles. The summed E-state index contributed by atoms with van der Waals surface area (Å²) in [7, 11) is 0. The van der Waals surface area contributed by atoms with Gasteiger partial charge in [-0.15, -0.1) is 13.2 Å². The van der Waals surface area contributed by atoms with E-state index in [-0.39, 0.29) is 66.5 Å². The van der Waals surface area contributed by atoms with Crippen molar-refractivity contribution >= 4 is 32.7 Å². The molecule has 2 aromatic heterocycles. The van der Waals surface area contributed by atoms with E-state index in [1.54, 1.807) is 4.90 Å². The van der Waals surface area contributed by atoms with E-state index in [1.165, 1.54) is 24.3 Å². The number of halogens is 5. The molecule has 216 valence electrons. The van der Waals surface area contributed by atoms with E-state index < -0.39 is 29.6 Å². The fourth-order valence-corrected chi connectivity index (χ4v) is 5.84. The molecular formula is C27H22F5N3O5S. The summed E-state index contributed by atoms with van der Waals surface area (Å²) < 4.78 is 85.3. The second-order valence-electron chi connectivity index (χ2n) is 10.1. The highest BCUT2D eigenvalue weighted by Crippen LogP contribution is 2.49. The van der Waals surface area contributed by atoms with Gasteiger partial charge in [0.05, 0.1) is 15.8 Å². The summed E-state index contributed by atoms with van der Waals surface area (Å²) in [5.74, 6) is -2.03. The van der Waals surface area contributed by atoms with Crippen molar-refractivity contribution in [2.24, 2.45) is 0 Å². The number of fused-ring (bicyclic) bond motifs is 1. The van der Waals surface area contributed by atoms with Gasteiger partial charge in [-0.05, 0) is 37.1 Å². The molecule has 1 saturated carbocycles. The lowest BCUT2D eigenvalue weighted by atomic mass is 9.94. The molecule has 0 atom stereocenters. The fraction of sp³-hybridized carbons (Fsp3) is 0.370. The van der Waals surface area contributed by atoms with Crippen molar-refractivity contribution in [1.29, 1.82) is 0 Å². The predicted molar refractivity (Wildman–Crippen MR) is 138 cm³/mol. The standard InChI is InChI=1S/C27H22F5N3O5S/c28-17-11-15(24(36)37)12-19-21(17)33-25(41-19)35-9-7-26(29,8-10-35)13-38-23-20(34-40-22(23)14-5-6-14)16-3-1-2-4-18(16)39-27(30,31)32/h1-4,11-12,14H,5-10,13H2,(H,36,37). The lowest BCUT2D eigenvalue weighted by Crippen LogP contribution is -2.45. The predicted octanol–water partition coefficient (Wildman–Crippen LogP) is 6.95. The molecule has 41 heavy (non-hydrogen) atoms. The number of benzene rings is 2. The Morgan fingerprint density at radius 1 is 1.20 bits per heavy atom. The minimum atomic E-state index is -4.93. The third-order valence-electron chi connectivity index (χ3n) is 7.08. The van der Waals surface area contributed by atoms with Crippen molar-refractivity contribution in [3.63, 3.8) is 0 Å². The van der Waals surface area contributed by atoms with Crippen molar-refractivity contribution in [1.82, 2.24) is 10.1 Å². The summed E-state index contributed by atoms with van der Waals surface area (Å²) in [6, 6.07) is 7.73. The second kappa shape index (κ2) is 10.2. The summed E-state index contributed by atoms with van der Waals surface area (Å²) in [5.41, 5.74) is -1.89. The molecule has 3 heterocycles. The Bertz CT molecular complexity index is 1610. The van der Waals surface area contributed by atoms with Crippen LogP contribution in [0.25, 0.3) is 21.5 Å². The van der Waals surface area contributed by atoms with Crippen molar-refractivity contribution in [2.45, 2.75) is 43.6 Å². The average molecular weight is 596 g/mol. The van der Waals surface area contributed by atoms with Crippen LogP contribution in [-0.4, -0.2) is 52.9 Å². The number of hydrogen-bond acceptors (Lipinski definition) is 8. The molecule has 0 unspecified atom stereocenters. The summed E-state index contributed by atoms with van der Waals surface area (Å²) in [4.78, 5) is 17.3. The molecule has 0 spiro atoms. The smallest absolute Gasteiger partial charge is 0.484 e. The molecule has 0 bridgehead atoms. The number of carboxylic acid groups (broad SMARTS) is 1. The zero-order valence-electron chi connectivity index (χ0n) is 21.2. The van der Waals surface area contributed by atoms with Crippen LogP contribution in [0.5, 0.6) is 11.5 Å². The van der Waals surface area contributed by atoms with Crippen molar-refractivity contribution in [3.8, 4) is 22.8 Å². The molecule has 2 fully saturated rings. The molecule has 6 rings (SSSR count). The van der Waals surface area contributed by atoms with Crippen LogP contribution < -0.4 is 14.4 Å². The van der Waals surface area contributed by atoms with Gasteiger partial charge in [0.2, 0.25) is 0 Å². The SMILES string of the molecule is O=C(O)c1cc(F)c2nc(N3CCC(F)(COc4c(-c5ccccc5OC(F)(F)F)noc4C4CC4)CC3)sc2c1. The number of aromatic nitrogens is 2. The number of anilines is 1. The monoisotopic (exact) mass is 595 g/mol. The zero-order valence-corrected chi connectivity index (χ0v) is 22.0. The van der Waals surface area contributed by atoms with Gasteiger partial charge in [0, 0.05) is 31.8 Å². The van der Waals surface area contributed by atoms with E-state index in [2.05, 4.69) is 14.9 Å². The summed E-state index contributed by atoms with van der Waals surface area (Å²) >= 11 is 1.12. The maximum absolute atomic E-state index is 15.9. The molecule has 0 amide bonds. The molecule has 0 radical (unpaired) electrons. The average Bonchev–Trinajstić information content (AvgIpc) is 3.52. The Labute approximate surface area is 233 Å². The number of alkyl halides is 4. The summed E-state index contributed by atoms with van der Waals surface area (Å²) in [6.07, 6.45) is -3.27. The van der Waals surface area contributed by atoms with Gasteiger partial charge in [-0.2, -0.15) is 0 Å². The van der Waals surface area contributed by atoms with Gasteiger partial charge in [0.15, 0.2) is 28.2 Å². The Balaban J connectivity index is 1.18. The van der Waals surface area contributed by atoms with Gasteiger partial charge in [0.1, 0.15) is 23.5 Å². The number of aromatic carboxylic acids is 1. The molecule has 2 aromatic carbocycles. The number of nitrogens with zero attached hydrogens (tertiary/aromatic N) is 3. The van der Waals surface area contributed by atoms with Crippen LogP contribution in [0.2, 0.25) is 0 Å². The Kier molecular flexibility index (Phi) is 6.75. The molecular weight excluding hydrogens is 573 g/mol. The first kappa shape index (κ1) is 27.2. The normalized spacial score (nSPS) is 17.1. The zero-order chi connectivity index (χ0) is 28.9. The minimum Gasteiger partial charge on any atom is -0.484 e. The van der Waals surface area contributed by atoms with Gasteiger partial charge < -0.3 is 24.0 Å². The van der Waals surface area contributed by atoms with E-state index in [0.29, 0.717) is 15.6 Å². The van der Waals surface area contributed by atoms with Crippen molar-refractivity contribution in [3.05, 3.63) is 53.5 Å². The molecule has 14 heteroatoms. The quantitative estimate of drug-likeness (QED) is 0.219. The number of rotatable bonds is 8. The number of carboxylic acids is 1. The first-order valence-electron chi connectivity index (χ1n) is 12.7. The summed E-state index contributed by atoms with van der Waals surface area (Å²) in [5, 5.41) is 13.6. The molecule has 1 N–H and O–H groups in total. The first-order chi connectivity index (χ1) is 19.5. The van der Waals surface area contributed by atoms with Crippen LogP contribution in [0.1, 0.15) is 47.7 Å². The van der Waals surface area contributed by atoms with E-state index in [1.807, 2.05) is 0 Å². The maximum Gasteiger partial charge on any atom is 0.573 e. The topological polar surface area (TPSA) is 97.9 Å². The summed E-state index contributed by atoms with van der Waals surface area (Å²) in [6.45, 7) is 0.0934. The highest BCUT2D eigenvalue weighted by molar-refractivity contribution is 7.22. The number of hydrogen-bond donors (Lipinski definition) is 1. The van der Waals surface area contributed by atoms with Crippen LogP contribution >= 0.6 is 11.3 Å². The van der Waals surface area contributed by atoms with Crippen molar-refractivity contribution in [2.75, 3.05) is 24.6 Å². The maximum atomic E-state index is 15.9. The molecule has 1 aliphatic carbocycles. The number of piperidine rings is 1. The lowest BCUT2D eigenvalue weighted by Gasteiger charge is -2.36. The Morgan fingerprint density at radius 2 is 1.93 bits per heavy atom. The van der Waals surface area contributed by atoms with Gasteiger partial charge in [-0.1, -0.05) is 28.6 Å². The van der Waals surface area contributed by atoms with Crippen LogP contribution in [0.15, 0.2) is 40.9 Å². The van der Waals surface area contributed by atoms with E-state index in [4.69, 9.17) is 9.26 Å². The minimum absolute atomic E-state index is 0.00465. The van der Waals surface area contributed by atoms with Crippen LogP contribution in [0.3, 0.4) is 0 Å². The van der Waals surface area contributed by atoms with E-state index in [0.717, 1.165) is 36.3 Å². The molecule has 8 nitrogen and oxygen atoms in total. The number of carbonyl (C=O) groups is 1. The Morgan fingerprint density at radius 3 is 2.61 bits per heavy atom. The first-order valence-corrected chi connectivity index (χ1v) is 13.6. The van der Waals surface area contributed by atoms with E-state index in [9.17, 15) is 27.5 Å². The highest BCUT2D eigenvalue weighted by Gasteiger charge is 2.40. The third kappa shape index (κ3) is 5.65. The van der Waals surface area contributed by atoms with Gasteiger partial charge >= 0.3 is 12.3 Å². The fourth-order valence-electron chi connectivity index (χ4n) is 4.77. The number of para-hydroxylation sites is 1. The van der Waals surface area contributed by atoms with E-state index >= 15 is 4.39 Å². The third-order valence-corrected chi connectivity index (χ3v) is 8.14. The van der Waals surface area contributed by atoms with Gasteiger partial charge in [0.25, 0.3) is 0 Å².